The van der Waals surface area contributed by atoms with Crippen molar-refractivity contribution >= 4 is 6.16 Å². The molecule has 0 aliphatic carbocycles. The third-order valence-corrected chi connectivity index (χ3v) is 0.262. The van der Waals surface area contributed by atoms with Gasteiger partial charge in [-0.25, -0.2) is 4.79 Å². The van der Waals surface area contributed by atoms with Crippen LogP contribution >= 0.6 is 0 Å². The number of allylic oxidation sites excluding steroid dienone is 1. The molecular weight excluding hydrogens is 96.0 g/mol. The Morgan fingerprint density at radius 1 is 1.86 bits per heavy atom. The van der Waals surface area contributed by atoms with Crippen molar-refractivity contribution in [1.82, 2.24) is 0 Å². The third kappa shape index (κ3) is 5.01. The van der Waals surface area contributed by atoms with Gasteiger partial charge in [-0.3, -0.25) is 0 Å². The van der Waals surface area contributed by atoms with E-state index in [2.05, 4.69) is 11.3 Å². The summed E-state index contributed by atoms with van der Waals surface area (Å²) in [5.41, 5.74) is 0. The molecule has 0 aromatic heterocycles. The molecule has 0 aromatic carbocycles. The van der Waals surface area contributed by atoms with Crippen LogP contribution in [0.2, 0.25) is 0 Å². The van der Waals surface area contributed by atoms with E-state index in [-0.39, 0.29) is 5.76 Å². The lowest BCUT2D eigenvalue weighted by molar-refractivity contribution is 0.119. The van der Waals surface area contributed by atoms with Crippen molar-refractivity contribution in [2.24, 2.45) is 0 Å². The Hall–Kier alpha value is -0.990. The molecule has 0 aliphatic heterocycles. The first kappa shape index (κ1) is 6.01. The number of carboxylic acid groups (broad SMARTS) is 1. The molecular formula is C4H6O3. The van der Waals surface area contributed by atoms with Gasteiger partial charge in [-0.15, -0.1) is 0 Å². The van der Waals surface area contributed by atoms with Gasteiger partial charge in [-0.05, 0) is 6.92 Å². The Morgan fingerprint density at radius 2 is 2.29 bits per heavy atom. The number of hydrogen-bond acceptors (Lipinski definition) is 2. The maximum absolute atomic E-state index is 9.53. The predicted molar refractivity (Wildman–Crippen MR) is 23.9 cm³/mol. The average Bonchev–Trinajstić information content (AvgIpc) is 1.27. The molecule has 0 heterocycles. The second-order valence-electron chi connectivity index (χ2n) is 1.07. The molecule has 0 aromatic rings. The molecule has 0 saturated heterocycles. The summed E-state index contributed by atoms with van der Waals surface area (Å²) in [6.45, 7) is 4.66. The second kappa shape index (κ2) is 2.23. The lowest BCUT2D eigenvalue weighted by atomic mass is 10.7. The molecule has 0 fully saturated rings. The zero-order valence-corrected chi connectivity index (χ0v) is 3.97. The summed E-state index contributed by atoms with van der Waals surface area (Å²) < 4.78 is 3.97. The Kier molecular flexibility index (Phi) is 1.91. The summed E-state index contributed by atoms with van der Waals surface area (Å²) >= 11 is 0. The van der Waals surface area contributed by atoms with Crippen LogP contribution in [-0.2, 0) is 4.74 Å². The Labute approximate surface area is 41.2 Å². The summed E-state index contributed by atoms with van der Waals surface area (Å²) in [6, 6.07) is 0. The number of rotatable bonds is 1. The van der Waals surface area contributed by atoms with E-state index in [1.165, 1.54) is 6.92 Å². The summed E-state index contributed by atoms with van der Waals surface area (Å²) in [5.74, 6) is 0.188. The van der Waals surface area contributed by atoms with Crippen LogP contribution in [0.3, 0.4) is 0 Å². The van der Waals surface area contributed by atoms with E-state index >= 15 is 0 Å². The molecule has 0 aliphatic rings. The topological polar surface area (TPSA) is 46.5 Å². The lowest BCUT2D eigenvalue weighted by Gasteiger charge is -1.91. The molecule has 3 nitrogen and oxygen atoms in total. The molecule has 0 bridgehead atoms. The third-order valence-electron chi connectivity index (χ3n) is 0.262. The fourth-order valence-corrected chi connectivity index (χ4v) is 0.149. The highest BCUT2D eigenvalue weighted by Gasteiger charge is 1.91. The molecule has 7 heavy (non-hydrogen) atoms. The summed E-state index contributed by atoms with van der Waals surface area (Å²) in [5, 5.41) is 7.80. The number of carbonyl (C=O) groups is 1. The minimum absolute atomic E-state index is 0.188. The van der Waals surface area contributed by atoms with Gasteiger partial charge < -0.3 is 9.84 Å². The van der Waals surface area contributed by atoms with Crippen molar-refractivity contribution in [2.45, 2.75) is 6.92 Å². The highest BCUT2D eigenvalue weighted by molar-refractivity contribution is 5.58. The highest BCUT2D eigenvalue weighted by Crippen LogP contribution is 1.87. The van der Waals surface area contributed by atoms with Gasteiger partial charge in [0.05, 0.1) is 0 Å². The van der Waals surface area contributed by atoms with E-state index in [9.17, 15) is 4.79 Å². The quantitative estimate of drug-likeness (QED) is 0.400. The molecule has 0 rings (SSSR count). The van der Waals surface area contributed by atoms with Gasteiger partial charge in [0.25, 0.3) is 0 Å². The first-order chi connectivity index (χ1) is 3.13. The van der Waals surface area contributed by atoms with Crippen molar-refractivity contribution in [1.29, 1.82) is 0 Å². The molecule has 40 valence electrons. The molecule has 1 N–H and O–H groups in total. The van der Waals surface area contributed by atoms with Crippen LogP contribution in [0.25, 0.3) is 0 Å². The van der Waals surface area contributed by atoms with Crippen LogP contribution in [-0.4, -0.2) is 11.3 Å². The summed E-state index contributed by atoms with van der Waals surface area (Å²) in [4.78, 5) is 9.53. The van der Waals surface area contributed by atoms with Crippen LogP contribution in [0.15, 0.2) is 12.3 Å². The second-order valence-corrected chi connectivity index (χ2v) is 1.07. The maximum atomic E-state index is 9.53. The van der Waals surface area contributed by atoms with Crippen LogP contribution < -0.4 is 0 Å². The van der Waals surface area contributed by atoms with Gasteiger partial charge in [0.2, 0.25) is 0 Å². The highest BCUT2D eigenvalue weighted by atomic mass is 16.7. The average molecular weight is 102 g/mol. The van der Waals surface area contributed by atoms with Gasteiger partial charge in [-0.2, -0.15) is 0 Å². The number of ether oxygens (including phenoxy) is 1. The minimum Gasteiger partial charge on any atom is -0.449 e. The molecule has 0 unspecified atom stereocenters. The zero-order chi connectivity index (χ0) is 5.86. The van der Waals surface area contributed by atoms with Gasteiger partial charge in [0.1, 0.15) is 5.76 Å². The van der Waals surface area contributed by atoms with E-state index in [0.29, 0.717) is 0 Å². The van der Waals surface area contributed by atoms with Crippen molar-refractivity contribution in [3.05, 3.63) is 12.3 Å². The summed E-state index contributed by atoms with van der Waals surface area (Å²) in [6.07, 6.45) is -1.31. The molecule has 0 radical (unpaired) electrons. The first-order valence-electron chi connectivity index (χ1n) is 1.69. The fraction of sp³-hybridized carbons (Fsp3) is 0.250. The van der Waals surface area contributed by atoms with Crippen molar-refractivity contribution in [3.8, 4) is 0 Å². The Balaban J connectivity index is 3.32. The smallest absolute Gasteiger partial charge is 0.449 e. The van der Waals surface area contributed by atoms with E-state index in [1.54, 1.807) is 0 Å². The molecule has 0 spiro atoms. The minimum atomic E-state index is -1.31. The van der Waals surface area contributed by atoms with Gasteiger partial charge >= 0.3 is 6.16 Å². The largest absolute Gasteiger partial charge is 0.510 e. The van der Waals surface area contributed by atoms with Gasteiger partial charge in [0, 0.05) is 0 Å². The van der Waals surface area contributed by atoms with Crippen molar-refractivity contribution in [3.63, 3.8) is 0 Å². The van der Waals surface area contributed by atoms with Crippen LogP contribution in [0.1, 0.15) is 6.92 Å². The summed E-state index contributed by atoms with van der Waals surface area (Å²) in [7, 11) is 0. The molecule has 3 heteroatoms. The Morgan fingerprint density at radius 3 is 2.29 bits per heavy atom. The zero-order valence-electron chi connectivity index (χ0n) is 3.97. The van der Waals surface area contributed by atoms with E-state index in [1.807, 2.05) is 0 Å². The van der Waals surface area contributed by atoms with Crippen LogP contribution in [0.5, 0.6) is 0 Å². The van der Waals surface area contributed by atoms with Crippen LogP contribution in [0, 0.1) is 0 Å². The van der Waals surface area contributed by atoms with Gasteiger partial charge in [-0.1, -0.05) is 6.58 Å². The molecule has 0 atom stereocenters. The van der Waals surface area contributed by atoms with Gasteiger partial charge in [0.15, 0.2) is 0 Å². The van der Waals surface area contributed by atoms with E-state index < -0.39 is 6.16 Å². The number of hydrogen-bond donors (Lipinski definition) is 1. The monoisotopic (exact) mass is 102 g/mol. The lowest BCUT2D eigenvalue weighted by Crippen LogP contribution is -1.95. The van der Waals surface area contributed by atoms with E-state index in [4.69, 9.17) is 5.11 Å². The Bertz CT molecular complexity index is 83.1. The SMILES string of the molecule is C=C(C)OC(=O)O. The standard InChI is InChI=1S/C4H6O3/c1-3(2)7-4(5)6/h1H2,2H3,(H,5,6). The van der Waals surface area contributed by atoms with Crippen LogP contribution in [0.4, 0.5) is 4.79 Å². The molecule has 0 saturated carbocycles. The molecule has 0 amide bonds. The first-order valence-corrected chi connectivity index (χ1v) is 1.69. The predicted octanol–water partition coefficient (Wildman–Crippen LogP) is 1.21. The maximum Gasteiger partial charge on any atom is 0.510 e. The fourth-order valence-electron chi connectivity index (χ4n) is 0.149. The van der Waals surface area contributed by atoms with Crippen molar-refractivity contribution < 1.29 is 14.6 Å². The normalized spacial score (nSPS) is 7.57. The van der Waals surface area contributed by atoms with E-state index in [0.717, 1.165) is 0 Å². The van der Waals surface area contributed by atoms with Crippen molar-refractivity contribution in [2.75, 3.05) is 0 Å².